The zero-order chi connectivity index (χ0) is 21.6. The van der Waals surface area contributed by atoms with Crippen LogP contribution in [0.25, 0.3) is 0 Å². The molecule has 170 valence electrons. The van der Waals surface area contributed by atoms with Crippen LogP contribution in [-0.2, 0) is 14.3 Å². The zero-order valence-electron chi connectivity index (χ0n) is 19.4. The molecule has 0 saturated heterocycles. The van der Waals surface area contributed by atoms with Crippen LogP contribution < -0.4 is 5.32 Å². The highest BCUT2D eigenvalue weighted by atomic mass is 16.5. The fourth-order valence-corrected chi connectivity index (χ4v) is 3.40. The lowest BCUT2D eigenvalue weighted by Gasteiger charge is -2.19. The van der Waals surface area contributed by atoms with Crippen molar-refractivity contribution in [2.75, 3.05) is 0 Å². The van der Waals surface area contributed by atoms with Gasteiger partial charge in [0.1, 0.15) is 12.1 Å². The third-order valence-electron chi connectivity index (χ3n) is 5.37. The minimum atomic E-state index is -0.587. The molecule has 0 aliphatic carbocycles. The molecule has 0 bridgehead atoms. The molecule has 1 amide bonds. The van der Waals surface area contributed by atoms with Gasteiger partial charge in [-0.3, -0.25) is 4.79 Å². The van der Waals surface area contributed by atoms with Gasteiger partial charge in [0.25, 0.3) is 0 Å². The Bertz CT molecular complexity index is 409. The van der Waals surface area contributed by atoms with Gasteiger partial charge in [0.15, 0.2) is 0 Å². The van der Waals surface area contributed by atoms with Gasteiger partial charge >= 0.3 is 5.97 Å². The average molecular weight is 410 g/mol. The van der Waals surface area contributed by atoms with Crippen molar-refractivity contribution in [3.63, 3.8) is 0 Å². The van der Waals surface area contributed by atoms with E-state index in [-0.39, 0.29) is 12.1 Å². The molecule has 0 aliphatic rings. The highest BCUT2D eigenvalue weighted by Gasteiger charge is 2.18. The Morgan fingerprint density at radius 1 is 0.828 bits per heavy atom. The van der Waals surface area contributed by atoms with Crippen molar-refractivity contribution in [3.8, 4) is 0 Å². The number of esters is 1. The van der Waals surface area contributed by atoms with E-state index in [4.69, 9.17) is 4.74 Å². The lowest BCUT2D eigenvalue weighted by molar-refractivity contribution is -0.152. The summed E-state index contributed by atoms with van der Waals surface area (Å²) in [4.78, 5) is 22.6. The Morgan fingerprint density at radius 3 is 1.97 bits per heavy atom. The molecule has 0 saturated carbocycles. The highest BCUT2D eigenvalue weighted by Crippen LogP contribution is 2.15. The van der Waals surface area contributed by atoms with Gasteiger partial charge in [0.05, 0.1) is 0 Å². The number of unbranched alkanes of at least 4 members (excludes halogenated alkanes) is 12. The van der Waals surface area contributed by atoms with Crippen LogP contribution in [-0.4, -0.2) is 24.5 Å². The maximum atomic E-state index is 12.1. The summed E-state index contributed by atoms with van der Waals surface area (Å²) in [5.74, 6) is -0.341. The van der Waals surface area contributed by atoms with Crippen molar-refractivity contribution in [2.45, 2.75) is 136 Å². The van der Waals surface area contributed by atoms with Gasteiger partial charge in [0.2, 0.25) is 6.41 Å². The van der Waals surface area contributed by atoms with Gasteiger partial charge in [-0.25, -0.2) is 4.79 Å². The Kier molecular flexibility index (Phi) is 20.4. The van der Waals surface area contributed by atoms with E-state index in [1.54, 1.807) is 6.92 Å². The average Bonchev–Trinajstić information content (AvgIpc) is 2.71. The molecule has 0 spiro atoms. The zero-order valence-corrected chi connectivity index (χ0v) is 19.4. The summed E-state index contributed by atoms with van der Waals surface area (Å²) in [7, 11) is 0. The van der Waals surface area contributed by atoms with Gasteiger partial charge in [-0.15, -0.1) is 0 Å². The molecule has 4 nitrogen and oxygen atoms in total. The fraction of sp³-hybridized carbons (Fsp3) is 0.840. The first-order chi connectivity index (χ1) is 14.2. The first-order valence-electron chi connectivity index (χ1n) is 12.2. The molecule has 2 atom stereocenters. The fourth-order valence-electron chi connectivity index (χ4n) is 3.40. The summed E-state index contributed by atoms with van der Waals surface area (Å²) in [5.41, 5.74) is 0. The monoisotopic (exact) mass is 409 g/mol. The van der Waals surface area contributed by atoms with Crippen LogP contribution in [0.2, 0.25) is 0 Å². The van der Waals surface area contributed by atoms with Gasteiger partial charge in [0, 0.05) is 6.42 Å². The van der Waals surface area contributed by atoms with Crippen LogP contribution in [0.4, 0.5) is 0 Å². The van der Waals surface area contributed by atoms with E-state index in [0.717, 1.165) is 25.7 Å². The Hall–Kier alpha value is -1.32. The summed E-state index contributed by atoms with van der Waals surface area (Å²) in [6, 6.07) is -0.587. The normalized spacial score (nSPS) is 13.3. The van der Waals surface area contributed by atoms with Crippen LogP contribution in [0.1, 0.15) is 124 Å². The first-order valence-corrected chi connectivity index (χ1v) is 12.2. The van der Waals surface area contributed by atoms with E-state index in [1.165, 1.54) is 77.0 Å². The van der Waals surface area contributed by atoms with Gasteiger partial charge in [-0.2, -0.15) is 0 Å². The summed E-state index contributed by atoms with van der Waals surface area (Å²) >= 11 is 0. The second-order valence-electron chi connectivity index (χ2n) is 8.24. The van der Waals surface area contributed by atoms with Crippen molar-refractivity contribution in [1.29, 1.82) is 0 Å². The predicted molar refractivity (Wildman–Crippen MR) is 123 cm³/mol. The predicted octanol–water partition coefficient (Wildman–Crippen LogP) is 6.87. The van der Waals surface area contributed by atoms with Crippen molar-refractivity contribution in [3.05, 3.63) is 12.2 Å². The van der Waals surface area contributed by atoms with E-state index in [9.17, 15) is 9.59 Å². The number of ether oxygens (including phenoxy) is 1. The smallest absolute Gasteiger partial charge is 0.328 e. The number of carbonyl (C=O) groups excluding carboxylic acids is 2. The molecular formula is C25H47NO3. The van der Waals surface area contributed by atoms with Crippen LogP contribution >= 0.6 is 0 Å². The summed E-state index contributed by atoms with van der Waals surface area (Å²) < 4.78 is 5.65. The molecule has 0 unspecified atom stereocenters. The number of carbonyl (C=O) groups is 2. The number of hydrogen-bond donors (Lipinski definition) is 1. The second kappa shape index (κ2) is 21.4. The number of nitrogens with one attached hydrogen (secondary N) is 1. The molecule has 0 aromatic heterocycles. The maximum Gasteiger partial charge on any atom is 0.328 e. The maximum absolute atomic E-state index is 12.1. The topological polar surface area (TPSA) is 55.4 Å². The van der Waals surface area contributed by atoms with E-state index < -0.39 is 6.04 Å². The largest absolute Gasteiger partial charge is 0.461 e. The Balaban J connectivity index is 4.08. The highest BCUT2D eigenvalue weighted by molar-refractivity contribution is 5.77. The van der Waals surface area contributed by atoms with Gasteiger partial charge in [-0.05, 0) is 32.6 Å². The van der Waals surface area contributed by atoms with E-state index in [1.807, 2.05) is 0 Å². The van der Waals surface area contributed by atoms with E-state index >= 15 is 0 Å². The molecule has 1 N–H and O–H groups in total. The number of rotatable bonds is 21. The number of amides is 1. The minimum Gasteiger partial charge on any atom is -0.461 e. The third kappa shape index (κ3) is 18.4. The standard InChI is InChI=1S/C25H47NO3/c1-4-6-8-10-11-12-13-14-15-17-19-21-24(20-18-16-9-7-5-2)29-25(28)23(3)26-22-27/h17,19,22-24H,4-16,18,20-21H2,1-3H3,(H,26,27)/b19-17+/t23-,24-/m0/s1. The number of hydrogen-bond acceptors (Lipinski definition) is 3. The first kappa shape index (κ1) is 27.7. The molecule has 0 heterocycles. The Morgan fingerprint density at radius 2 is 1.38 bits per heavy atom. The van der Waals surface area contributed by atoms with Crippen molar-refractivity contribution >= 4 is 12.4 Å². The van der Waals surface area contributed by atoms with Crippen molar-refractivity contribution in [1.82, 2.24) is 5.32 Å². The molecule has 0 aromatic carbocycles. The third-order valence-corrected chi connectivity index (χ3v) is 5.37. The summed E-state index contributed by atoms with van der Waals surface area (Å²) in [6.07, 6.45) is 24.4. The molecule has 0 radical (unpaired) electrons. The molecular weight excluding hydrogens is 362 g/mol. The molecule has 0 aliphatic heterocycles. The Labute approximate surface area is 180 Å². The van der Waals surface area contributed by atoms with Crippen LogP contribution in [0.3, 0.4) is 0 Å². The van der Waals surface area contributed by atoms with E-state index in [0.29, 0.717) is 6.41 Å². The molecule has 0 fully saturated rings. The van der Waals surface area contributed by atoms with Gasteiger partial charge < -0.3 is 10.1 Å². The molecule has 0 aromatic rings. The number of allylic oxidation sites excluding steroid dienone is 1. The lowest BCUT2D eigenvalue weighted by Crippen LogP contribution is -2.36. The molecule has 0 rings (SSSR count). The van der Waals surface area contributed by atoms with Crippen LogP contribution in [0.15, 0.2) is 12.2 Å². The van der Waals surface area contributed by atoms with Crippen molar-refractivity contribution < 1.29 is 14.3 Å². The quantitative estimate of drug-likeness (QED) is 0.0973. The SMILES string of the molecule is CCCCCCCCCC/C=C/C[C@H](CCCCCCC)OC(=O)[C@H](C)NC=O. The lowest BCUT2D eigenvalue weighted by atomic mass is 10.0. The van der Waals surface area contributed by atoms with Crippen LogP contribution in [0.5, 0.6) is 0 Å². The minimum absolute atomic E-state index is 0.0881. The molecule has 29 heavy (non-hydrogen) atoms. The summed E-state index contributed by atoms with van der Waals surface area (Å²) in [5, 5.41) is 2.47. The molecule has 4 heteroatoms. The summed E-state index contributed by atoms with van der Waals surface area (Å²) in [6.45, 7) is 6.13. The van der Waals surface area contributed by atoms with Crippen molar-refractivity contribution in [2.24, 2.45) is 0 Å². The second-order valence-corrected chi connectivity index (χ2v) is 8.24. The van der Waals surface area contributed by atoms with E-state index in [2.05, 4.69) is 31.3 Å². The van der Waals surface area contributed by atoms with Gasteiger partial charge in [-0.1, -0.05) is 96.6 Å². The van der Waals surface area contributed by atoms with Crippen LogP contribution in [0, 0.1) is 0 Å².